The van der Waals surface area contributed by atoms with Gasteiger partial charge in [0.15, 0.2) is 5.16 Å². The van der Waals surface area contributed by atoms with Gasteiger partial charge in [-0.3, -0.25) is 9.69 Å². The van der Waals surface area contributed by atoms with Gasteiger partial charge in [0.05, 0.1) is 13.2 Å². The Bertz CT molecular complexity index is 1400. The van der Waals surface area contributed by atoms with Crippen molar-refractivity contribution in [3.63, 3.8) is 0 Å². The molecule has 9 heteroatoms. The Morgan fingerprint density at radius 2 is 1.60 bits per heavy atom. The molecule has 0 unspecified atom stereocenters. The SMILES string of the molecule is O=C(NCCN1CCOCC1)c1ccc(CSc2nc(Cl)cc(N(CCc3ccccc3)Cc3ccccc3)n2)cc1. The van der Waals surface area contributed by atoms with Crippen molar-refractivity contribution in [3.05, 3.63) is 118 Å². The second-order valence-corrected chi connectivity index (χ2v) is 11.5. The van der Waals surface area contributed by atoms with Crippen LogP contribution in [0.15, 0.2) is 96.2 Å². The van der Waals surface area contributed by atoms with Gasteiger partial charge in [0.1, 0.15) is 11.0 Å². The van der Waals surface area contributed by atoms with Gasteiger partial charge in [-0.05, 0) is 35.2 Å². The van der Waals surface area contributed by atoms with Crippen molar-refractivity contribution in [2.45, 2.75) is 23.9 Å². The highest BCUT2D eigenvalue weighted by Gasteiger charge is 2.14. The van der Waals surface area contributed by atoms with Crippen molar-refractivity contribution in [2.24, 2.45) is 0 Å². The second-order valence-electron chi connectivity index (χ2n) is 10.2. The Morgan fingerprint density at radius 3 is 2.31 bits per heavy atom. The molecule has 1 amide bonds. The lowest BCUT2D eigenvalue weighted by atomic mass is 10.1. The molecular weight excluding hydrogens is 566 g/mol. The number of hydrogen-bond acceptors (Lipinski definition) is 7. The zero-order valence-corrected chi connectivity index (χ0v) is 25.2. The lowest BCUT2D eigenvalue weighted by Gasteiger charge is -2.26. The molecule has 1 aliphatic heterocycles. The van der Waals surface area contributed by atoms with Crippen LogP contribution in [0.1, 0.15) is 27.0 Å². The van der Waals surface area contributed by atoms with Crippen molar-refractivity contribution in [1.29, 1.82) is 0 Å². The van der Waals surface area contributed by atoms with Crippen LogP contribution in [0.4, 0.5) is 5.82 Å². The molecule has 1 fully saturated rings. The number of amides is 1. The van der Waals surface area contributed by atoms with Crippen LogP contribution in [0.25, 0.3) is 0 Å². The van der Waals surface area contributed by atoms with Gasteiger partial charge >= 0.3 is 0 Å². The van der Waals surface area contributed by atoms with Gasteiger partial charge in [0.25, 0.3) is 5.91 Å². The molecule has 0 bridgehead atoms. The molecule has 0 atom stereocenters. The van der Waals surface area contributed by atoms with E-state index < -0.39 is 0 Å². The van der Waals surface area contributed by atoms with Crippen molar-refractivity contribution < 1.29 is 9.53 Å². The summed E-state index contributed by atoms with van der Waals surface area (Å²) in [5.41, 5.74) is 4.22. The maximum absolute atomic E-state index is 12.6. The highest BCUT2D eigenvalue weighted by atomic mass is 35.5. The van der Waals surface area contributed by atoms with Crippen LogP contribution in [0.5, 0.6) is 0 Å². The van der Waals surface area contributed by atoms with Crippen LogP contribution in [0.2, 0.25) is 5.15 Å². The molecule has 218 valence electrons. The normalized spacial score (nSPS) is 13.5. The Morgan fingerprint density at radius 1 is 0.905 bits per heavy atom. The largest absolute Gasteiger partial charge is 0.379 e. The summed E-state index contributed by atoms with van der Waals surface area (Å²) >= 11 is 8.03. The summed E-state index contributed by atoms with van der Waals surface area (Å²) in [5.74, 6) is 1.42. The van der Waals surface area contributed by atoms with Gasteiger partial charge in [-0.25, -0.2) is 9.97 Å². The Hall–Kier alpha value is -3.43. The van der Waals surface area contributed by atoms with E-state index in [4.69, 9.17) is 21.3 Å². The number of morpholine rings is 1. The van der Waals surface area contributed by atoms with Gasteiger partial charge in [0.2, 0.25) is 0 Å². The number of nitrogens with zero attached hydrogens (tertiary/aromatic N) is 4. The summed E-state index contributed by atoms with van der Waals surface area (Å²) in [6.07, 6.45) is 0.894. The predicted molar refractivity (Wildman–Crippen MR) is 170 cm³/mol. The molecule has 0 saturated carbocycles. The van der Waals surface area contributed by atoms with Crippen molar-refractivity contribution in [1.82, 2.24) is 20.2 Å². The molecule has 0 aliphatic carbocycles. The van der Waals surface area contributed by atoms with Gasteiger partial charge in [-0.1, -0.05) is 96.2 Å². The number of ether oxygens (including phenoxy) is 1. The Balaban J connectivity index is 1.19. The first-order valence-corrected chi connectivity index (χ1v) is 15.7. The number of carbonyl (C=O) groups is 1. The minimum Gasteiger partial charge on any atom is -0.379 e. The average Bonchev–Trinajstić information content (AvgIpc) is 3.03. The fraction of sp³-hybridized carbons (Fsp3) is 0.303. The molecule has 1 saturated heterocycles. The lowest BCUT2D eigenvalue weighted by molar-refractivity contribution is 0.0383. The quantitative estimate of drug-likeness (QED) is 0.119. The molecule has 7 nitrogen and oxygen atoms in total. The lowest BCUT2D eigenvalue weighted by Crippen LogP contribution is -2.41. The first-order chi connectivity index (χ1) is 20.6. The van der Waals surface area contributed by atoms with E-state index in [1.807, 2.05) is 42.5 Å². The third-order valence-corrected chi connectivity index (χ3v) is 8.23. The summed E-state index contributed by atoms with van der Waals surface area (Å²) in [4.78, 5) is 26.5. The maximum Gasteiger partial charge on any atom is 0.251 e. The van der Waals surface area contributed by atoms with E-state index in [0.717, 1.165) is 63.7 Å². The number of nitrogens with one attached hydrogen (secondary N) is 1. The Labute approximate surface area is 257 Å². The summed E-state index contributed by atoms with van der Waals surface area (Å²) in [6.45, 7) is 6.33. The van der Waals surface area contributed by atoms with Gasteiger partial charge in [0, 0.05) is 56.7 Å². The van der Waals surface area contributed by atoms with Crippen molar-refractivity contribution in [2.75, 3.05) is 50.8 Å². The van der Waals surface area contributed by atoms with E-state index in [1.54, 1.807) is 0 Å². The molecule has 0 spiro atoms. The second kappa shape index (κ2) is 15.7. The van der Waals surface area contributed by atoms with Crippen molar-refractivity contribution >= 4 is 35.1 Å². The van der Waals surface area contributed by atoms with Crippen LogP contribution in [0, 0.1) is 0 Å². The van der Waals surface area contributed by atoms with Crippen LogP contribution < -0.4 is 10.2 Å². The van der Waals surface area contributed by atoms with E-state index in [9.17, 15) is 4.79 Å². The smallest absolute Gasteiger partial charge is 0.251 e. The standard InChI is InChI=1S/C33H36ClN5O2S/c34-30-23-31(39(24-27-9-5-2-6-10-27)17-15-26-7-3-1-4-8-26)37-33(36-30)42-25-28-11-13-29(14-12-28)32(40)35-16-18-38-19-21-41-22-20-38/h1-14,23H,15-22,24-25H2,(H,35,40). The Kier molecular flexibility index (Phi) is 11.2. The highest BCUT2D eigenvalue weighted by Crippen LogP contribution is 2.26. The number of halogens is 1. The van der Waals surface area contributed by atoms with E-state index in [2.05, 4.69) is 68.6 Å². The molecule has 1 aliphatic rings. The van der Waals surface area contributed by atoms with Gasteiger partial charge in [-0.2, -0.15) is 0 Å². The molecule has 3 aromatic carbocycles. The third-order valence-electron chi connectivity index (χ3n) is 7.12. The number of aromatic nitrogens is 2. The van der Waals surface area contributed by atoms with Crippen LogP contribution in [0.3, 0.4) is 0 Å². The zero-order chi connectivity index (χ0) is 29.0. The van der Waals surface area contributed by atoms with Gasteiger partial charge < -0.3 is 15.0 Å². The molecule has 5 rings (SSSR count). The minimum atomic E-state index is -0.0562. The minimum absolute atomic E-state index is 0.0562. The molecule has 1 aromatic heterocycles. The van der Waals surface area contributed by atoms with Crippen LogP contribution >= 0.6 is 23.4 Å². The van der Waals surface area contributed by atoms with E-state index >= 15 is 0 Å². The average molecular weight is 602 g/mol. The first-order valence-electron chi connectivity index (χ1n) is 14.3. The highest BCUT2D eigenvalue weighted by molar-refractivity contribution is 7.98. The van der Waals surface area contributed by atoms with Crippen LogP contribution in [-0.4, -0.2) is 66.7 Å². The third kappa shape index (κ3) is 9.29. The fourth-order valence-electron chi connectivity index (χ4n) is 4.75. The van der Waals surface area contributed by atoms with E-state index in [0.29, 0.717) is 28.2 Å². The number of benzene rings is 3. The molecule has 42 heavy (non-hydrogen) atoms. The molecule has 2 heterocycles. The van der Waals surface area contributed by atoms with Gasteiger partial charge in [-0.15, -0.1) is 0 Å². The fourth-order valence-corrected chi connectivity index (χ4v) is 5.79. The number of anilines is 1. The molecule has 1 N–H and O–H groups in total. The summed E-state index contributed by atoms with van der Waals surface area (Å²) in [6, 6.07) is 30.4. The summed E-state index contributed by atoms with van der Waals surface area (Å²) in [7, 11) is 0. The predicted octanol–water partition coefficient (Wildman–Crippen LogP) is 5.73. The van der Waals surface area contributed by atoms with Crippen molar-refractivity contribution in [3.8, 4) is 0 Å². The summed E-state index contributed by atoms with van der Waals surface area (Å²) in [5, 5.41) is 4.06. The summed E-state index contributed by atoms with van der Waals surface area (Å²) < 4.78 is 5.38. The molecule has 4 aromatic rings. The monoisotopic (exact) mass is 601 g/mol. The van der Waals surface area contributed by atoms with E-state index in [-0.39, 0.29) is 5.91 Å². The van der Waals surface area contributed by atoms with Crippen LogP contribution in [-0.2, 0) is 23.5 Å². The zero-order valence-electron chi connectivity index (χ0n) is 23.6. The number of carbonyl (C=O) groups excluding carboxylic acids is 1. The molecule has 0 radical (unpaired) electrons. The molecular formula is C33H36ClN5O2S. The maximum atomic E-state index is 12.6. The van der Waals surface area contributed by atoms with E-state index in [1.165, 1.54) is 22.9 Å². The number of hydrogen-bond donors (Lipinski definition) is 1. The topological polar surface area (TPSA) is 70.6 Å². The number of rotatable bonds is 13. The first kappa shape index (κ1) is 30.0. The number of thioether (sulfide) groups is 1.